The maximum absolute atomic E-state index is 13.2. The average Bonchev–Trinajstić information content (AvgIpc) is 3.34. The minimum Gasteiger partial charge on any atom is -0.497 e. The van der Waals surface area contributed by atoms with Gasteiger partial charge in [-0.1, -0.05) is 60.7 Å². The molecule has 7 heteroatoms. The van der Waals surface area contributed by atoms with Gasteiger partial charge in [-0.25, -0.2) is 4.98 Å². The minimum absolute atomic E-state index is 0.0715. The fraction of sp³-hybridized carbons (Fsp3) is 0.148. The van der Waals surface area contributed by atoms with Crippen LogP contribution in [0.2, 0.25) is 0 Å². The quantitative estimate of drug-likeness (QED) is 0.372. The van der Waals surface area contributed by atoms with Crippen LogP contribution in [0.3, 0.4) is 0 Å². The van der Waals surface area contributed by atoms with Gasteiger partial charge in [-0.15, -0.1) is 11.3 Å². The molecular weight excluding hydrogens is 446 g/mol. The Kier molecular flexibility index (Phi) is 7.67. The Morgan fingerprint density at radius 3 is 2.29 bits per heavy atom. The fourth-order valence-corrected chi connectivity index (χ4v) is 4.27. The molecular formula is C27H25N3O3S. The van der Waals surface area contributed by atoms with E-state index in [0.717, 1.165) is 21.8 Å². The molecule has 4 aromatic rings. The van der Waals surface area contributed by atoms with E-state index < -0.39 is 0 Å². The van der Waals surface area contributed by atoms with Crippen molar-refractivity contribution in [3.8, 4) is 17.0 Å². The normalized spacial score (nSPS) is 10.5. The monoisotopic (exact) mass is 471 g/mol. The summed E-state index contributed by atoms with van der Waals surface area (Å²) in [4.78, 5) is 32.2. The van der Waals surface area contributed by atoms with E-state index in [1.54, 1.807) is 36.3 Å². The van der Waals surface area contributed by atoms with Crippen LogP contribution in [0.25, 0.3) is 11.3 Å². The van der Waals surface area contributed by atoms with Crippen LogP contribution in [0.5, 0.6) is 5.75 Å². The Hall–Kier alpha value is -3.97. The van der Waals surface area contributed by atoms with Crippen molar-refractivity contribution >= 4 is 28.8 Å². The lowest BCUT2D eigenvalue weighted by Gasteiger charge is -2.21. The number of carbonyl (C=O) groups is 2. The number of ether oxygens (including phenoxy) is 1. The summed E-state index contributed by atoms with van der Waals surface area (Å²) in [6, 6.07) is 26.5. The van der Waals surface area contributed by atoms with Gasteiger partial charge in [-0.3, -0.25) is 9.59 Å². The van der Waals surface area contributed by atoms with Gasteiger partial charge in [0.15, 0.2) is 0 Å². The Labute approximate surface area is 202 Å². The van der Waals surface area contributed by atoms with E-state index >= 15 is 0 Å². The number of nitrogens with one attached hydrogen (secondary N) is 1. The van der Waals surface area contributed by atoms with Crippen molar-refractivity contribution in [2.45, 2.75) is 13.0 Å². The predicted octanol–water partition coefficient (Wildman–Crippen LogP) is 5.03. The highest BCUT2D eigenvalue weighted by Crippen LogP contribution is 2.23. The second-order valence-electron chi connectivity index (χ2n) is 7.68. The van der Waals surface area contributed by atoms with Crippen LogP contribution >= 0.6 is 11.3 Å². The second kappa shape index (κ2) is 11.2. The molecule has 0 aliphatic carbocycles. The van der Waals surface area contributed by atoms with Gasteiger partial charge >= 0.3 is 0 Å². The van der Waals surface area contributed by atoms with E-state index in [1.165, 1.54) is 11.3 Å². The first-order chi connectivity index (χ1) is 16.6. The first-order valence-corrected chi connectivity index (χ1v) is 11.7. The molecule has 4 rings (SSSR count). The van der Waals surface area contributed by atoms with Crippen molar-refractivity contribution < 1.29 is 14.3 Å². The van der Waals surface area contributed by atoms with Crippen LogP contribution in [0.1, 0.15) is 10.6 Å². The number of hydrogen-bond acceptors (Lipinski definition) is 5. The topological polar surface area (TPSA) is 71.5 Å². The zero-order valence-corrected chi connectivity index (χ0v) is 19.6. The van der Waals surface area contributed by atoms with Crippen molar-refractivity contribution in [2.75, 3.05) is 19.0 Å². The molecule has 0 spiro atoms. The molecule has 3 aromatic carbocycles. The zero-order valence-electron chi connectivity index (χ0n) is 18.8. The van der Waals surface area contributed by atoms with Gasteiger partial charge in [0, 0.05) is 16.6 Å². The number of methoxy groups -OCH3 is 1. The number of rotatable bonds is 9. The first kappa shape index (κ1) is 23.2. The predicted molar refractivity (Wildman–Crippen MR) is 135 cm³/mol. The summed E-state index contributed by atoms with van der Waals surface area (Å²) in [5.41, 5.74) is 3.42. The molecule has 0 saturated carbocycles. The standard InChI is InChI=1S/C27H25N3O3S/c1-33-23-14-12-22(13-15-23)28-25(31)17-30(27(32)16-20-8-4-2-5-9-20)18-26-29-24(19-34-26)21-10-6-3-7-11-21/h2-15,19H,16-18H2,1H3,(H,28,31). The lowest BCUT2D eigenvalue weighted by atomic mass is 10.1. The zero-order chi connectivity index (χ0) is 23.8. The third-order valence-corrected chi connectivity index (χ3v) is 6.04. The highest BCUT2D eigenvalue weighted by atomic mass is 32.1. The summed E-state index contributed by atoms with van der Waals surface area (Å²) in [5.74, 6) is 0.301. The molecule has 0 aliphatic rings. The molecule has 0 aliphatic heterocycles. The van der Waals surface area contributed by atoms with E-state index in [1.807, 2.05) is 66.0 Å². The third-order valence-electron chi connectivity index (χ3n) is 5.21. The summed E-state index contributed by atoms with van der Waals surface area (Å²) in [6.45, 7) is 0.192. The van der Waals surface area contributed by atoms with Crippen LogP contribution in [-0.2, 0) is 22.6 Å². The largest absolute Gasteiger partial charge is 0.497 e. The van der Waals surface area contributed by atoms with Gasteiger partial charge in [0.25, 0.3) is 0 Å². The van der Waals surface area contributed by atoms with E-state index in [4.69, 9.17) is 9.72 Å². The molecule has 34 heavy (non-hydrogen) atoms. The van der Waals surface area contributed by atoms with Crippen LogP contribution in [0.4, 0.5) is 5.69 Å². The third kappa shape index (κ3) is 6.30. The number of thiazole rings is 1. The van der Waals surface area contributed by atoms with Crippen molar-refractivity contribution in [3.63, 3.8) is 0 Å². The summed E-state index contributed by atoms with van der Waals surface area (Å²) < 4.78 is 5.16. The van der Waals surface area contributed by atoms with Gasteiger partial charge in [-0.05, 0) is 29.8 Å². The van der Waals surface area contributed by atoms with Gasteiger partial charge in [-0.2, -0.15) is 0 Å². The van der Waals surface area contributed by atoms with Gasteiger partial charge < -0.3 is 15.0 Å². The lowest BCUT2D eigenvalue weighted by molar-refractivity contribution is -0.134. The van der Waals surface area contributed by atoms with Crippen molar-refractivity contribution in [2.24, 2.45) is 0 Å². The number of aromatic nitrogens is 1. The van der Waals surface area contributed by atoms with Crippen LogP contribution in [0, 0.1) is 0 Å². The maximum Gasteiger partial charge on any atom is 0.244 e. The Balaban J connectivity index is 1.48. The van der Waals surface area contributed by atoms with Crippen LogP contribution in [-0.4, -0.2) is 35.4 Å². The van der Waals surface area contributed by atoms with Gasteiger partial charge in [0.2, 0.25) is 11.8 Å². The molecule has 0 unspecified atom stereocenters. The molecule has 1 N–H and O–H groups in total. The van der Waals surface area contributed by atoms with E-state index in [-0.39, 0.29) is 31.3 Å². The maximum atomic E-state index is 13.2. The average molecular weight is 472 g/mol. The number of hydrogen-bond donors (Lipinski definition) is 1. The second-order valence-corrected chi connectivity index (χ2v) is 8.62. The highest BCUT2D eigenvalue weighted by Gasteiger charge is 2.20. The lowest BCUT2D eigenvalue weighted by Crippen LogP contribution is -2.38. The van der Waals surface area contributed by atoms with Crippen molar-refractivity contribution in [1.29, 1.82) is 0 Å². The molecule has 1 aromatic heterocycles. The molecule has 172 valence electrons. The molecule has 0 radical (unpaired) electrons. The highest BCUT2D eigenvalue weighted by molar-refractivity contribution is 7.09. The van der Waals surface area contributed by atoms with E-state index in [9.17, 15) is 9.59 Å². The van der Waals surface area contributed by atoms with Crippen molar-refractivity contribution in [1.82, 2.24) is 9.88 Å². The van der Waals surface area contributed by atoms with E-state index in [2.05, 4.69) is 5.32 Å². The van der Waals surface area contributed by atoms with Crippen LogP contribution in [0.15, 0.2) is 90.3 Å². The first-order valence-electron chi connectivity index (χ1n) is 10.9. The summed E-state index contributed by atoms with van der Waals surface area (Å²) in [6.07, 6.45) is 0.216. The Bertz CT molecular complexity index is 1220. The Morgan fingerprint density at radius 2 is 1.62 bits per heavy atom. The number of carbonyl (C=O) groups excluding carboxylic acids is 2. The summed E-state index contributed by atoms with van der Waals surface area (Å²) in [5, 5.41) is 5.60. The van der Waals surface area contributed by atoms with E-state index in [0.29, 0.717) is 11.4 Å². The molecule has 0 fully saturated rings. The smallest absolute Gasteiger partial charge is 0.244 e. The molecule has 0 saturated heterocycles. The van der Waals surface area contributed by atoms with Gasteiger partial charge in [0.05, 0.1) is 25.8 Å². The minimum atomic E-state index is -0.272. The summed E-state index contributed by atoms with van der Waals surface area (Å²) >= 11 is 1.48. The molecule has 0 bridgehead atoms. The van der Waals surface area contributed by atoms with Crippen LogP contribution < -0.4 is 10.1 Å². The molecule has 2 amide bonds. The van der Waals surface area contributed by atoms with Gasteiger partial charge in [0.1, 0.15) is 17.3 Å². The number of anilines is 1. The molecule has 0 atom stereocenters. The SMILES string of the molecule is COc1ccc(NC(=O)CN(Cc2nc(-c3ccccc3)cs2)C(=O)Cc2ccccc2)cc1. The number of nitrogens with zero attached hydrogens (tertiary/aromatic N) is 2. The van der Waals surface area contributed by atoms with Crippen molar-refractivity contribution in [3.05, 3.63) is 101 Å². The number of benzene rings is 3. The Morgan fingerprint density at radius 1 is 0.941 bits per heavy atom. The molecule has 1 heterocycles. The summed E-state index contributed by atoms with van der Waals surface area (Å²) in [7, 11) is 1.59. The fourth-order valence-electron chi connectivity index (χ4n) is 3.45. The number of amides is 2. The molecule has 6 nitrogen and oxygen atoms in total.